The molecule has 3 N–H and O–H groups in total. The van der Waals surface area contributed by atoms with Gasteiger partial charge in [-0.05, 0) is 18.8 Å². The van der Waals surface area contributed by atoms with Gasteiger partial charge in [-0.15, -0.1) is 0 Å². The number of H-pyrrole nitrogens is 1. The van der Waals surface area contributed by atoms with Crippen molar-refractivity contribution in [3.8, 4) is 0 Å². The smallest absolute Gasteiger partial charge is 0.287 e. The number of carbonyl (C=O) groups excluding carboxylic acids is 1. The Morgan fingerprint density at radius 3 is 2.84 bits per heavy atom. The van der Waals surface area contributed by atoms with Gasteiger partial charge in [0.25, 0.3) is 11.6 Å². The van der Waals surface area contributed by atoms with Crippen LogP contribution in [0.3, 0.4) is 0 Å². The third-order valence-electron chi connectivity index (χ3n) is 2.91. The molecule has 0 fully saturated rings. The third kappa shape index (κ3) is 4.70. The van der Waals surface area contributed by atoms with Crippen LogP contribution in [0.4, 0.5) is 5.69 Å². The van der Waals surface area contributed by atoms with Crippen LogP contribution < -0.4 is 5.32 Å². The van der Waals surface area contributed by atoms with Crippen molar-refractivity contribution in [3.05, 3.63) is 28.1 Å². The van der Waals surface area contributed by atoms with Gasteiger partial charge >= 0.3 is 0 Å². The zero-order chi connectivity index (χ0) is 14.3. The van der Waals surface area contributed by atoms with Crippen LogP contribution in [-0.2, 0) is 0 Å². The Bertz CT molecular complexity index is 424. The lowest BCUT2D eigenvalue weighted by Crippen LogP contribution is -2.30. The van der Waals surface area contributed by atoms with E-state index < -0.39 is 4.92 Å². The molecule has 0 aliphatic rings. The normalized spacial score (nSPS) is 12.1. The third-order valence-corrected chi connectivity index (χ3v) is 2.91. The minimum atomic E-state index is -0.557. The number of hydrogen-bond donors (Lipinski definition) is 3. The van der Waals surface area contributed by atoms with Crippen LogP contribution in [0, 0.1) is 16.0 Å². The van der Waals surface area contributed by atoms with Crippen molar-refractivity contribution in [1.29, 1.82) is 0 Å². The lowest BCUT2D eigenvalue weighted by Gasteiger charge is -2.15. The largest absolute Gasteiger partial charge is 0.396 e. The van der Waals surface area contributed by atoms with E-state index in [2.05, 4.69) is 10.3 Å². The molecule has 0 saturated heterocycles. The lowest BCUT2D eigenvalue weighted by atomic mass is 10.0. The second-order valence-electron chi connectivity index (χ2n) is 4.41. The number of aromatic nitrogens is 1. The molecule has 1 aromatic rings. The summed E-state index contributed by atoms with van der Waals surface area (Å²) in [6.07, 6.45) is 3.73. The van der Waals surface area contributed by atoms with Gasteiger partial charge < -0.3 is 15.4 Å². The van der Waals surface area contributed by atoms with E-state index in [0.717, 1.165) is 12.8 Å². The number of aliphatic hydroxyl groups is 1. The van der Waals surface area contributed by atoms with E-state index in [1.807, 2.05) is 6.92 Å². The number of carbonyl (C=O) groups is 1. The molecule has 7 nitrogen and oxygen atoms in total. The fraction of sp³-hybridized carbons (Fsp3) is 0.583. The SMILES string of the molecule is CCCC(CCO)CNC(=O)c1cc([N+](=O)[O-])c[nH]1. The summed E-state index contributed by atoms with van der Waals surface area (Å²) in [6.45, 7) is 2.59. The fourth-order valence-corrected chi connectivity index (χ4v) is 1.89. The first-order chi connectivity index (χ1) is 9.08. The molecule has 1 rings (SSSR count). The Balaban J connectivity index is 2.51. The molecule has 106 valence electrons. The van der Waals surface area contributed by atoms with Crippen LogP contribution in [0.2, 0.25) is 0 Å². The van der Waals surface area contributed by atoms with Gasteiger partial charge in [0.2, 0.25) is 0 Å². The van der Waals surface area contributed by atoms with Crippen molar-refractivity contribution in [2.24, 2.45) is 5.92 Å². The first-order valence-electron chi connectivity index (χ1n) is 6.30. The molecule has 0 aliphatic carbocycles. The standard InChI is InChI=1S/C12H19N3O4/c1-2-3-9(4-5-16)7-14-12(17)11-6-10(8-13-11)15(18)19/h6,8-9,13,16H,2-5,7H2,1H3,(H,14,17). The summed E-state index contributed by atoms with van der Waals surface area (Å²) in [5.74, 6) is -0.143. The van der Waals surface area contributed by atoms with Crippen LogP contribution in [0.15, 0.2) is 12.3 Å². The highest BCUT2D eigenvalue weighted by molar-refractivity contribution is 5.93. The zero-order valence-corrected chi connectivity index (χ0v) is 10.9. The summed E-state index contributed by atoms with van der Waals surface area (Å²) in [7, 11) is 0. The van der Waals surface area contributed by atoms with Crippen molar-refractivity contribution in [3.63, 3.8) is 0 Å². The molecular weight excluding hydrogens is 250 g/mol. The number of aromatic amines is 1. The van der Waals surface area contributed by atoms with Crippen LogP contribution in [-0.4, -0.2) is 34.1 Å². The monoisotopic (exact) mass is 269 g/mol. The molecule has 0 radical (unpaired) electrons. The summed E-state index contributed by atoms with van der Waals surface area (Å²) in [5, 5.41) is 22.1. The maximum absolute atomic E-state index is 11.8. The topological polar surface area (TPSA) is 108 Å². The Kier molecular flexibility index (Phi) is 6.01. The van der Waals surface area contributed by atoms with Crippen molar-refractivity contribution in [2.75, 3.05) is 13.2 Å². The highest BCUT2D eigenvalue weighted by Gasteiger charge is 2.15. The van der Waals surface area contributed by atoms with Crippen LogP contribution in [0.1, 0.15) is 36.7 Å². The predicted octanol–water partition coefficient (Wildman–Crippen LogP) is 1.45. The van der Waals surface area contributed by atoms with Gasteiger partial charge in [-0.25, -0.2) is 0 Å². The van der Waals surface area contributed by atoms with E-state index in [0.29, 0.717) is 13.0 Å². The quantitative estimate of drug-likeness (QED) is 0.490. The molecule has 1 unspecified atom stereocenters. The van der Waals surface area contributed by atoms with E-state index in [9.17, 15) is 14.9 Å². The number of nitrogens with zero attached hydrogens (tertiary/aromatic N) is 1. The molecule has 0 spiro atoms. The van der Waals surface area contributed by atoms with E-state index >= 15 is 0 Å². The van der Waals surface area contributed by atoms with Gasteiger partial charge in [-0.2, -0.15) is 0 Å². The number of hydrogen-bond acceptors (Lipinski definition) is 4. The van der Waals surface area contributed by atoms with Gasteiger partial charge in [0.1, 0.15) is 5.69 Å². The highest BCUT2D eigenvalue weighted by Crippen LogP contribution is 2.13. The van der Waals surface area contributed by atoms with Crippen molar-refractivity contribution < 1.29 is 14.8 Å². The van der Waals surface area contributed by atoms with Crippen LogP contribution >= 0.6 is 0 Å². The molecule has 1 heterocycles. The van der Waals surface area contributed by atoms with Gasteiger partial charge in [0, 0.05) is 19.2 Å². The average Bonchev–Trinajstić information content (AvgIpc) is 2.86. The molecule has 19 heavy (non-hydrogen) atoms. The van der Waals surface area contributed by atoms with E-state index in [1.54, 1.807) is 0 Å². The molecule has 0 aliphatic heterocycles. The Labute approximate surface area is 111 Å². The molecule has 0 saturated carbocycles. The van der Waals surface area contributed by atoms with Crippen molar-refractivity contribution >= 4 is 11.6 Å². The van der Waals surface area contributed by atoms with E-state index in [4.69, 9.17) is 5.11 Å². The lowest BCUT2D eigenvalue weighted by molar-refractivity contribution is -0.384. The Hall–Kier alpha value is -1.89. The van der Waals surface area contributed by atoms with E-state index in [1.165, 1.54) is 12.3 Å². The minimum Gasteiger partial charge on any atom is -0.396 e. The summed E-state index contributed by atoms with van der Waals surface area (Å²) in [4.78, 5) is 24.3. The first-order valence-corrected chi connectivity index (χ1v) is 6.30. The van der Waals surface area contributed by atoms with Crippen molar-refractivity contribution in [2.45, 2.75) is 26.2 Å². The molecular formula is C12H19N3O4. The number of nitro groups is 1. The van der Waals surface area contributed by atoms with Gasteiger partial charge in [-0.1, -0.05) is 13.3 Å². The first kappa shape index (κ1) is 15.2. The summed E-state index contributed by atoms with van der Waals surface area (Å²) >= 11 is 0. The minimum absolute atomic E-state index is 0.0918. The maximum atomic E-state index is 11.8. The van der Waals surface area contributed by atoms with Crippen LogP contribution in [0.25, 0.3) is 0 Å². The summed E-state index contributed by atoms with van der Waals surface area (Å²) < 4.78 is 0. The maximum Gasteiger partial charge on any atom is 0.287 e. The number of nitrogens with one attached hydrogen (secondary N) is 2. The summed E-state index contributed by atoms with van der Waals surface area (Å²) in [6, 6.07) is 1.20. The zero-order valence-electron chi connectivity index (χ0n) is 10.9. The molecule has 7 heteroatoms. The number of aliphatic hydroxyl groups excluding tert-OH is 1. The molecule has 0 aromatic carbocycles. The van der Waals surface area contributed by atoms with Gasteiger partial charge in [0.05, 0.1) is 11.1 Å². The second-order valence-corrected chi connectivity index (χ2v) is 4.41. The number of amides is 1. The van der Waals surface area contributed by atoms with Crippen LogP contribution in [0.5, 0.6) is 0 Å². The molecule has 0 bridgehead atoms. The molecule has 1 atom stereocenters. The van der Waals surface area contributed by atoms with Gasteiger partial charge in [0.15, 0.2) is 0 Å². The highest BCUT2D eigenvalue weighted by atomic mass is 16.6. The molecule has 1 aromatic heterocycles. The summed E-state index contributed by atoms with van der Waals surface area (Å²) in [5.41, 5.74) is 0.0385. The Morgan fingerprint density at radius 1 is 1.58 bits per heavy atom. The molecule has 1 amide bonds. The Morgan fingerprint density at radius 2 is 2.32 bits per heavy atom. The second kappa shape index (κ2) is 7.52. The predicted molar refractivity (Wildman–Crippen MR) is 69.9 cm³/mol. The van der Waals surface area contributed by atoms with Crippen molar-refractivity contribution in [1.82, 2.24) is 10.3 Å². The van der Waals surface area contributed by atoms with Gasteiger partial charge in [-0.3, -0.25) is 14.9 Å². The number of rotatable bonds is 8. The fourth-order valence-electron chi connectivity index (χ4n) is 1.89. The average molecular weight is 269 g/mol. The van der Waals surface area contributed by atoms with E-state index in [-0.39, 0.29) is 29.8 Å².